The maximum atomic E-state index is 13.0. The van der Waals surface area contributed by atoms with Crippen LogP contribution in [-0.4, -0.2) is 54.0 Å². The van der Waals surface area contributed by atoms with Crippen LogP contribution in [0.3, 0.4) is 0 Å². The molecule has 206 valence electrons. The van der Waals surface area contributed by atoms with Gasteiger partial charge in [0.25, 0.3) is 0 Å². The summed E-state index contributed by atoms with van der Waals surface area (Å²) in [6.07, 6.45) is 9.35. The summed E-state index contributed by atoms with van der Waals surface area (Å²) in [5.74, 6) is 1.68. The van der Waals surface area contributed by atoms with Crippen molar-refractivity contribution in [1.82, 2.24) is 10.2 Å². The lowest BCUT2D eigenvalue weighted by molar-refractivity contribution is -0.150. The molecule has 5 aliphatic carbocycles. The fourth-order valence-corrected chi connectivity index (χ4v) is 11.7. The lowest BCUT2D eigenvalue weighted by Gasteiger charge is -2.64. The molecule has 0 heterocycles. The number of ether oxygens (including phenoxy) is 1. The lowest BCUT2D eigenvalue weighted by Crippen LogP contribution is -2.60. The molecule has 0 radical (unpaired) electrons. The average molecular weight is 503 g/mol. The van der Waals surface area contributed by atoms with Crippen molar-refractivity contribution in [3.8, 4) is 0 Å². The van der Waals surface area contributed by atoms with E-state index in [2.05, 4.69) is 47.0 Å². The molecule has 5 nitrogen and oxygen atoms in total. The third kappa shape index (κ3) is 3.23. The van der Waals surface area contributed by atoms with Gasteiger partial charge in [-0.2, -0.15) is 0 Å². The maximum Gasteiger partial charge on any atom is 0.410 e. The molecule has 5 saturated carbocycles. The van der Waals surface area contributed by atoms with Crippen molar-refractivity contribution >= 4 is 6.09 Å². The van der Waals surface area contributed by atoms with Gasteiger partial charge in [0.15, 0.2) is 0 Å². The number of hydrogen-bond donors (Lipinski definition) is 2. The molecule has 1 unspecified atom stereocenters. The van der Waals surface area contributed by atoms with Crippen LogP contribution in [0.4, 0.5) is 4.79 Å². The predicted molar refractivity (Wildman–Crippen MR) is 145 cm³/mol. The van der Waals surface area contributed by atoms with Crippen LogP contribution < -0.4 is 5.32 Å². The third-order valence-corrected chi connectivity index (χ3v) is 13.3. The molecule has 0 aromatic carbocycles. The van der Waals surface area contributed by atoms with Gasteiger partial charge in [0, 0.05) is 25.0 Å². The van der Waals surface area contributed by atoms with E-state index in [4.69, 9.17) is 4.74 Å². The lowest BCUT2D eigenvalue weighted by atomic mass is 9.41. The molecule has 1 amide bonds. The number of hydrogen-bond acceptors (Lipinski definition) is 4. The average Bonchev–Trinajstić information content (AvgIpc) is 3.36. The molecule has 10 atom stereocenters. The highest BCUT2D eigenvalue weighted by Crippen LogP contribution is 2.89. The van der Waals surface area contributed by atoms with Crippen molar-refractivity contribution in [3.05, 3.63) is 0 Å². The molecular formula is C31H54N2O3. The number of fused-ring (bicyclic) bond motifs is 2. The Hall–Kier alpha value is -0.810. The van der Waals surface area contributed by atoms with Gasteiger partial charge in [0.1, 0.15) is 5.60 Å². The molecule has 5 fully saturated rings. The van der Waals surface area contributed by atoms with Gasteiger partial charge in [-0.25, -0.2) is 4.79 Å². The van der Waals surface area contributed by atoms with Crippen molar-refractivity contribution in [2.75, 3.05) is 14.1 Å². The first-order valence-corrected chi connectivity index (χ1v) is 14.8. The van der Waals surface area contributed by atoms with Crippen LogP contribution in [0, 0.1) is 44.8 Å². The van der Waals surface area contributed by atoms with Crippen molar-refractivity contribution < 1.29 is 14.6 Å². The standard InChI is InChI=1S/C31H54N2O3/c1-19(32-9)24-20(34)17-29(8)22-12-11-21-27(5,6)23(33(10)25(35)36-26(2,3)4)13-14-30(21)18-31(22,30)16-15-28(24,29)7/h19-24,32,34H,11-18H2,1-10H3/t19-,20+,21-,22-,23-,24?,28+,29-,30+,31-/m0/s1. The van der Waals surface area contributed by atoms with Crippen LogP contribution in [0.5, 0.6) is 0 Å². The Labute approximate surface area is 220 Å². The molecule has 5 aliphatic rings. The quantitative estimate of drug-likeness (QED) is 0.480. The van der Waals surface area contributed by atoms with Crippen molar-refractivity contribution in [2.45, 2.75) is 131 Å². The topological polar surface area (TPSA) is 61.8 Å². The first-order valence-electron chi connectivity index (χ1n) is 14.8. The van der Waals surface area contributed by atoms with E-state index in [0.29, 0.717) is 34.6 Å². The van der Waals surface area contributed by atoms with E-state index < -0.39 is 5.60 Å². The van der Waals surface area contributed by atoms with Crippen LogP contribution >= 0.6 is 0 Å². The van der Waals surface area contributed by atoms with Gasteiger partial charge >= 0.3 is 6.09 Å². The number of aliphatic hydroxyl groups is 1. The molecule has 0 bridgehead atoms. The maximum absolute atomic E-state index is 13.0. The highest BCUT2D eigenvalue weighted by molar-refractivity contribution is 5.68. The minimum atomic E-state index is -0.470. The van der Waals surface area contributed by atoms with Gasteiger partial charge in [-0.15, -0.1) is 0 Å². The van der Waals surface area contributed by atoms with Gasteiger partial charge in [-0.3, -0.25) is 0 Å². The summed E-state index contributed by atoms with van der Waals surface area (Å²) in [7, 11) is 4.01. The molecular weight excluding hydrogens is 448 g/mol. The summed E-state index contributed by atoms with van der Waals surface area (Å²) in [5.41, 5.74) is 0.844. The normalized spacial score (nSPS) is 49.7. The van der Waals surface area contributed by atoms with E-state index in [1.165, 1.54) is 38.5 Å². The molecule has 5 heteroatoms. The van der Waals surface area contributed by atoms with Crippen LogP contribution in [0.25, 0.3) is 0 Å². The zero-order valence-electron chi connectivity index (χ0n) is 24.8. The van der Waals surface area contributed by atoms with E-state index in [1.807, 2.05) is 32.7 Å². The van der Waals surface area contributed by atoms with E-state index in [-0.39, 0.29) is 34.5 Å². The number of nitrogens with zero attached hydrogens (tertiary/aromatic N) is 1. The summed E-state index contributed by atoms with van der Waals surface area (Å²) in [6.45, 7) is 18.1. The van der Waals surface area contributed by atoms with Gasteiger partial charge in [0.2, 0.25) is 0 Å². The van der Waals surface area contributed by atoms with E-state index >= 15 is 0 Å². The molecule has 2 spiro atoms. The molecule has 5 rings (SSSR count). The van der Waals surface area contributed by atoms with Crippen molar-refractivity contribution in [2.24, 2.45) is 44.8 Å². The second kappa shape index (κ2) is 7.87. The Kier molecular flexibility index (Phi) is 5.85. The largest absolute Gasteiger partial charge is 0.444 e. The van der Waals surface area contributed by atoms with Crippen LogP contribution in [0.1, 0.15) is 107 Å². The third-order valence-electron chi connectivity index (χ3n) is 13.3. The highest BCUT2D eigenvalue weighted by Gasteiger charge is 2.82. The summed E-state index contributed by atoms with van der Waals surface area (Å²) in [5, 5.41) is 14.9. The molecule has 36 heavy (non-hydrogen) atoms. The van der Waals surface area contributed by atoms with Crippen LogP contribution in [-0.2, 0) is 4.74 Å². The van der Waals surface area contributed by atoms with Gasteiger partial charge in [-0.05, 0) is 125 Å². The smallest absolute Gasteiger partial charge is 0.410 e. The number of carbonyl (C=O) groups excluding carboxylic acids is 1. The summed E-state index contributed by atoms with van der Waals surface area (Å²) in [4.78, 5) is 15.0. The predicted octanol–water partition coefficient (Wildman–Crippen LogP) is 6.24. The first-order chi connectivity index (χ1) is 16.5. The Morgan fingerprint density at radius 1 is 1.00 bits per heavy atom. The number of rotatable bonds is 3. The molecule has 0 aromatic heterocycles. The SMILES string of the molecule is CN[C@@H](C)C1[C@H](O)C[C@@]2(C)[C@@H]3CC[C@H]4C(C)(C)[C@@H](N(C)C(=O)OC(C)(C)C)CC[C@@]45C[C@@]35CC[C@]12C. The number of carbonyl (C=O) groups is 1. The fourth-order valence-electron chi connectivity index (χ4n) is 11.7. The Morgan fingerprint density at radius 2 is 1.61 bits per heavy atom. The van der Waals surface area contributed by atoms with Crippen molar-refractivity contribution in [1.29, 1.82) is 0 Å². The Balaban J connectivity index is 1.42. The van der Waals surface area contributed by atoms with Gasteiger partial charge < -0.3 is 20.1 Å². The minimum Gasteiger partial charge on any atom is -0.444 e. The molecule has 0 aliphatic heterocycles. The minimum absolute atomic E-state index is 0.0679. The van der Waals surface area contributed by atoms with E-state index in [1.54, 1.807) is 0 Å². The molecule has 0 saturated heterocycles. The monoisotopic (exact) mass is 502 g/mol. The first kappa shape index (κ1) is 26.8. The zero-order valence-corrected chi connectivity index (χ0v) is 24.8. The molecule has 0 aromatic rings. The van der Waals surface area contributed by atoms with E-state index in [9.17, 15) is 9.90 Å². The second-order valence-electron chi connectivity index (χ2n) is 15.8. The number of nitrogens with one attached hydrogen (secondary N) is 1. The van der Waals surface area contributed by atoms with E-state index in [0.717, 1.165) is 12.8 Å². The van der Waals surface area contributed by atoms with Gasteiger partial charge in [0.05, 0.1) is 6.10 Å². The summed E-state index contributed by atoms with van der Waals surface area (Å²) in [6, 6.07) is 0.555. The fraction of sp³-hybridized carbons (Fsp3) is 0.968. The van der Waals surface area contributed by atoms with Crippen LogP contribution in [0.2, 0.25) is 0 Å². The van der Waals surface area contributed by atoms with Gasteiger partial charge in [-0.1, -0.05) is 27.7 Å². The zero-order chi connectivity index (χ0) is 26.7. The number of aliphatic hydroxyl groups excluding tert-OH is 1. The second-order valence-corrected chi connectivity index (χ2v) is 15.8. The van der Waals surface area contributed by atoms with Crippen LogP contribution in [0.15, 0.2) is 0 Å². The van der Waals surface area contributed by atoms with Crippen molar-refractivity contribution in [3.63, 3.8) is 0 Å². The number of amides is 1. The Morgan fingerprint density at radius 3 is 2.22 bits per heavy atom. The Bertz CT molecular complexity index is 912. The molecule has 2 N–H and O–H groups in total. The summed E-state index contributed by atoms with van der Waals surface area (Å²) < 4.78 is 5.78. The highest BCUT2D eigenvalue weighted by atomic mass is 16.6. The summed E-state index contributed by atoms with van der Waals surface area (Å²) >= 11 is 0.